The highest BCUT2D eigenvalue weighted by Gasteiger charge is 2.18. The molecular formula is C22H25Cl2N5O4. The van der Waals surface area contributed by atoms with Crippen LogP contribution >= 0.6 is 24.0 Å². The van der Waals surface area contributed by atoms with Crippen LogP contribution in [0.2, 0.25) is 5.15 Å². The second kappa shape index (κ2) is 9.44. The molecule has 0 aliphatic carbocycles. The number of imidazole rings is 1. The molecule has 0 radical (unpaired) electrons. The third-order valence-corrected chi connectivity index (χ3v) is 5.66. The maximum absolute atomic E-state index is 12.7. The van der Waals surface area contributed by atoms with E-state index in [2.05, 4.69) is 15.0 Å². The lowest BCUT2D eigenvalue weighted by Crippen LogP contribution is -2.38. The molecule has 0 saturated carbocycles. The summed E-state index contributed by atoms with van der Waals surface area (Å²) in [5.74, 6) is 1.86. The molecule has 176 valence electrons. The van der Waals surface area contributed by atoms with E-state index in [-0.39, 0.29) is 24.0 Å². The zero-order chi connectivity index (χ0) is 23.2. The van der Waals surface area contributed by atoms with Crippen LogP contribution in [-0.2, 0) is 20.0 Å². The summed E-state index contributed by atoms with van der Waals surface area (Å²) in [5, 5.41) is 1.88. The summed E-state index contributed by atoms with van der Waals surface area (Å²) in [6.07, 6.45) is 2.02. The van der Waals surface area contributed by atoms with Crippen molar-refractivity contribution in [1.82, 2.24) is 24.1 Å². The number of nitrogens with zero attached hydrogens (tertiary/aromatic N) is 4. The van der Waals surface area contributed by atoms with E-state index in [4.69, 9.17) is 21.1 Å². The summed E-state index contributed by atoms with van der Waals surface area (Å²) in [5.41, 5.74) is 0.693. The van der Waals surface area contributed by atoms with Crippen molar-refractivity contribution in [2.75, 3.05) is 14.2 Å². The number of halogens is 2. The lowest BCUT2D eigenvalue weighted by Gasteiger charge is -2.12. The summed E-state index contributed by atoms with van der Waals surface area (Å²) in [6, 6.07) is 3.62. The molecule has 0 saturated heterocycles. The summed E-state index contributed by atoms with van der Waals surface area (Å²) >= 11 is 6.33. The molecule has 1 aromatic carbocycles. The molecule has 11 heteroatoms. The molecule has 0 spiro atoms. The maximum atomic E-state index is 12.7. The van der Waals surface area contributed by atoms with Crippen LogP contribution in [0, 0.1) is 5.92 Å². The third kappa shape index (κ3) is 4.30. The second-order valence-corrected chi connectivity index (χ2v) is 8.40. The fraction of sp³-hybridized carbons (Fsp3) is 0.364. The van der Waals surface area contributed by atoms with Crippen molar-refractivity contribution in [1.29, 1.82) is 0 Å². The first-order valence-corrected chi connectivity index (χ1v) is 10.5. The van der Waals surface area contributed by atoms with Crippen LogP contribution in [-0.4, -0.2) is 38.3 Å². The third-order valence-electron chi connectivity index (χ3n) is 5.36. The molecule has 3 aromatic heterocycles. The lowest BCUT2D eigenvalue weighted by atomic mass is 10.0. The van der Waals surface area contributed by atoms with E-state index >= 15 is 0 Å². The Hall–Kier alpha value is -3.04. The number of nitrogens with one attached hydrogen (secondary N) is 1. The van der Waals surface area contributed by atoms with Gasteiger partial charge in [0.2, 0.25) is 0 Å². The Bertz CT molecular complexity index is 1460. The Kier molecular flexibility index (Phi) is 7.04. The van der Waals surface area contributed by atoms with E-state index in [0.29, 0.717) is 52.0 Å². The van der Waals surface area contributed by atoms with Crippen LogP contribution in [0.4, 0.5) is 0 Å². The quantitative estimate of drug-likeness (QED) is 0.413. The Morgan fingerprint density at radius 1 is 1.12 bits per heavy atom. The van der Waals surface area contributed by atoms with Crippen LogP contribution in [0.3, 0.4) is 0 Å². The van der Waals surface area contributed by atoms with Gasteiger partial charge in [0.05, 0.1) is 14.2 Å². The van der Waals surface area contributed by atoms with Crippen LogP contribution in [0.15, 0.2) is 27.9 Å². The number of aromatic nitrogens is 5. The van der Waals surface area contributed by atoms with Crippen molar-refractivity contribution < 1.29 is 9.47 Å². The molecule has 33 heavy (non-hydrogen) atoms. The van der Waals surface area contributed by atoms with Crippen LogP contribution in [0.5, 0.6) is 11.5 Å². The summed E-state index contributed by atoms with van der Waals surface area (Å²) in [7, 11) is 4.59. The zero-order valence-electron chi connectivity index (χ0n) is 18.9. The van der Waals surface area contributed by atoms with Gasteiger partial charge in [-0.2, -0.15) is 0 Å². The lowest BCUT2D eigenvalue weighted by molar-refractivity contribution is 0.356. The van der Waals surface area contributed by atoms with Gasteiger partial charge in [-0.05, 0) is 29.0 Å². The van der Waals surface area contributed by atoms with E-state index in [9.17, 15) is 9.59 Å². The van der Waals surface area contributed by atoms with Gasteiger partial charge in [-0.15, -0.1) is 12.4 Å². The Balaban J connectivity index is 0.00000306. The highest BCUT2D eigenvalue weighted by atomic mass is 35.5. The van der Waals surface area contributed by atoms with E-state index in [1.165, 1.54) is 11.6 Å². The van der Waals surface area contributed by atoms with Crippen LogP contribution in [0.1, 0.15) is 25.2 Å². The van der Waals surface area contributed by atoms with E-state index in [0.717, 1.165) is 15.5 Å². The van der Waals surface area contributed by atoms with Gasteiger partial charge in [0.25, 0.3) is 5.56 Å². The number of hydrogen-bond acceptors (Lipinski definition) is 6. The number of H-pyrrole nitrogens is 1. The molecule has 0 amide bonds. The fourth-order valence-corrected chi connectivity index (χ4v) is 4.01. The van der Waals surface area contributed by atoms with E-state index < -0.39 is 5.56 Å². The molecule has 4 aromatic rings. The molecule has 3 heterocycles. The minimum absolute atomic E-state index is 0. The minimum Gasteiger partial charge on any atom is -0.493 e. The molecule has 0 bridgehead atoms. The first-order valence-electron chi connectivity index (χ1n) is 10.1. The van der Waals surface area contributed by atoms with Crippen molar-refractivity contribution in [3.05, 3.63) is 55.7 Å². The standard InChI is InChI=1S/C22H24ClN5O4.ClH/c1-11(2)10-28-20-18(21(29)27(3)22(28)30)25-17(26-20)6-12-9-24-19(23)14-8-16(32-5)15(31-4)7-13(12)14;/h7-9,11H,6,10H2,1-5H3,(H,25,26);1H. The SMILES string of the molecule is COc1cc2c(Cc3nc4c([nH]3)c(=O)n(C)c(=O)n4CC(C)C)cnc(Cl)c2cc1OC.Cl. The van der Waals surface area contributed by atoms with E-state index in [1.54, 1.807) is 26.5 Å². The van der Waals surface area contributed by atoms with Crippen molar-refractivity contribution >= 4 is 45.9 Å². The average Bonchev–Trinajstić information content (AvgIpc) is 3.20. The first kappa shape index (κ1) is 24.6. The van der Waals surface area contributed by atoms with Gasteiger partial charge >= 0.3 is 5.69 Å². The van der Waals surface area contributed by atoms with Gasteiger partial charge in [-0.25, -0.2) is 14.8 Å². The predicted molar refractivity (Wildman–Crippen MR) is 130 cm³/mol. The monoisotopic (exact) mass is 493 g/mol. The molecule has 4 rings (SSSR count). The van der Waals surface area contributed by atoms with Gasteiger partial charge in [0.15, 0.2) is 17.1 Å². The minimum atomic E-state index is -0.408. The number of methoxy groups -OCH3 is 2. The largest absolute Gasteiger partial charge is 0.493 e. The van der Waals surface area contributed by atoms with Crippen LogP contribution < -0.4 is 20.7 Å². The van der Waals surface area contributed by atoms with Gasteiger partial charge in [-0.3, -0.25) is 13.9 Å². The van der Waals surface area contributed by atoms with Crippen molar-refractivity contribution in [3.63, 3.8) is 0 Å². The van der Waals surface area contributed by atoms with Gasteiger partial charge in [0, 0.05) is 31.6 Å². The zero-order valence-corrected chi connectivity index (χ0v) is 20.5. The molecule has 0 aliphatic heterocycles. The number of pyridine rings is 1. The topological polar surface area (TPSA) is 104 Å². The Morgan fingerprint density at radius 3 is 2.36 bits per heavy atom. The number of rotatable bonds is 6. The van der Waals surface area contributed by atoms with Gasteiger partial charge < -0.3 is 14.5 Å². The summed E-state index contributed by atoms with van der Waals surface area (Å²) < 4.78 is 13.5. The smallest absolute Gasteiger partial charge is 0.332 e. The molecule has 0 atom stereocenters. The fourth-order valence-electron chi connectivity index (χ4n) is 3.81. The van der Waals surface area contributed by atoms with Gasteiger partial charge in [-0.1, -0.05) is 25.4 Å². The molecule has 0 aliphatic rings. The predicted octanol–water partition coefficient (Wildman–Crippen LogP) is 3.31. The Morgan fingerprint density at radius 2 is 1.76 bits per heavy atom. The normalized spacial score (nSPS) is 11.2. The maximum Gasteiger partial charge on any atom is 0.332 e. The number of fused-ring (bicyclic) bond motifs is 2. The van der Waals surface area contributed by atoms with Crippen molar-refractivity contribution in [3.8, 4) is 11.5 Å². The number of hydrogen-bond donors (Lipinski definition) is 1. The molecular weight excluding hydrogens is 469 g/mol. The molecule has 0 unspecified atom stereocenters. The summed E-state index contributed by atoms with van der Waals surface area (Å²) in [4.78, 5) is 37.4. The average molecular weight is 494 g/mol. The summed E-state index contributed by atoms with van der Waals surface area (Å²) in [6.45, 7) is 4.46. The van der Waals surface area contributed by atoms with E-state index in [1.807, 2.05) is 19.9 Å². The first-order chi connectivity index (χ1) is 15.2. The number of aromatic amines is 1. The second-order valence-electron chi connectivity index (χ2n) is 8.04. The molecule has 9 nitrogen and oxygen atoms in total. The van der Waals surface area contributed by atoms with Crippen LogP contribution in [0.25, 0.3) is 21.9 Å². The molecule has 1 N–H and O–H groups in total. The Labute approximate surface area is 200 Å². The van der Waals surface area contributed by atoms with Gasteiger partial charge in [0.1, 0.15) is 16.5 Å². The van der Waals surface area contributed by atoms with Crippen molar-refractivity contribution in [2.24, 2.45) is 13.0 Å². The number of ether oxygens (including phenoxy) is 2. The number of benzene rings is 1. The molecule has 0 fully saturated rings. The highest BCUT2D eigenvalue weighted by molar-refractivity contribution is 6.34. The van der Waals surface area contributed by atoms with Crippen molar-refractivity contribution in [2.45, 2.75) is 26.8 Å². The highest BCUT2D eigenvalue weighted by Crippen LogP contribution is 2.36.